The van der Waals surface area contributed by atoms with E-state index in [1.54, 1.807) is 42.1 Å². The van der Waals surface area contributed by atoms with Gasteiger partial charge in [0, 0.05) is 16.7 Å². The molecule has 0 radical (unpaired) electrons. The highest BCUT2D eigenvalue weighted by Crippen LogP contribution is 2.29. The monoisotopic (exact) mass is 448 g/mol. The average molecular weight is 449 g/mol. The standard InChI is InChI=1S/C24H21ClN4O3/c1-15-4-6-16(7-5-15)23-27-22(28-29(23)18-10-8-17(25)9-11-18)24(30)26-20-14-19(31-2)12-13-21(20)32-3/h4-14H,1-3H3,(H,26,30). The SMILES string of the molecule is COc1ccc(OC)c(NC(=O)c2nc(-c3ccc(C)cc3)n(-c3ccc(Cl)cc3)n2)c1. The third kappa shape index (κ3) is 4.43. The minimum absolute atomic E-state index is 0.0143. The van der Waals surface area contributed by atoms with Crippen molar-refractivity contribution < 1.29 is 14.3 Å². The molecule has 7 nitrogen and oxygen atoms in total. The van der Waals surface area contributed by atoms with Crippen molar-refractivity contribution in [3.05, 3.63) is 83.1 Å². The lowest BCUT2D eigenvalue weighted by Crippen LogP contribution is -2.15. The van der Waals surface area contributed by atoms with Gasteiger partial charge in [0.2, 0.25) is 5.82 Å². The lowest BCUT2D eigenvalue weighted by atomic mass is 10.1. The molecule has 1 heterocycles. The molecule has 162 valence electrons. The van der Waals surface area contributed by atoms with E-state index in [1.807, 2.05) is 43.3 Å². The number of ether oxygens (including phenoxy) is 2. The van der Waals surface area contributed by atoms with E-state index >= 15 is 0 Å². The van der Waals surface area contributed by atoms with Crippen molar-refractivity contribution in [1.29, 1.82) is 0 Å². The fourth-order valence-corrected chi connectivity index (χ4v) is 3.28. The molecule has 0 bridgehead atoms. The molecule has 4 aromatic rings. The molecule has 0 aliphatic rings. The lowest BCUT2D eigenvalue weighted by Gasteiger charge is -2.10. The van der Waals surface area contributed by atoms with E-state index in [0.29, 0.717) is 28.0 Å². The summed E-state index contributed by atoms with van der Waals surface area (Å²) in [5.41, 5.74) is 3.14. The minimum Gasteiger partial charge on any atom is -0.497 e. The fraction of sp³-hybridized carbons (Fsp3) is 0.125. The number of carbonyl (C=O) groups excluding carboxylic acids is 1. The Morgan fingerprint density at radius 1 is 0.969 bits per heavy atom. The maximum absolute atomic E-state index is 13.1. The summed E-state index contributed by atoms with van der Waals surface area (Å²) in [4.78, 5) is 17.6. The molecule has 0 unspecified atom stereocenters. The highest BCUT2D eigenvalue weighted by atomic mass is 35.5. The van der Waals surface area contributed by atoms with Crippen molar-refractivity contribution in [2.24, 2.45) is 0 Å². The summed E-state index contributed by atoms with van der Waals surface area (Å²) in [6, 6.07) is 20.2. The average Bonchev–Trinajstić information content (AvgIpc) is 3.25. The predicted molar refractivity (Wildman–Crippen MR) is 124 cm³/mol. The molecule has 1 N–H and O–H groups in total. The van der Waals surface area contributed by atoms with Crippen LogP contribution >= 0.6 is 11.6 Å². The third-order valence-electron chi connectivity index (χ3n) is 4.85. The van der Waals surface area contributed by atoms with Crippen molar-refractivity contribution >= 4 is 23.2 Å². The van der Waals surface area contributed by atoms with E-state index in [0.717, 1.165) is 16.8 Å². The molecule has 0 saturated heterocycles. The Morgan fingerprint density at radius 3 is 2.34 bits per heavy atom. The third-order valence-corrected chi connectivity index (χ3v) is 5.10. The van der Waals surface area contributed by atoms with Gasteiger partial charge in [0.15, 0.2) is 5.82 Å². The summed E-state index contributed by atoms with van der Waals surface area (Å²) >= 11 is 6.04. The van der Waals surface area contributed by atoms with Crippen molar-refractivity contribution in [3.8, 4) is 28.6 Å². The first-order chi connectivity index (χ1) is 15.5. The van der Waals surface area contributed by atoms with Crippen LogP contribution in [0.3, 0.4) is 0 Å². The lowest BCUT2D eigenvalue weighted by molar-refractivity contribution is 0.101. The number of amides is 1. The van der Waals surface area contributed by atoms with Crippen molar-refractivity contribution in [2.45, 2.75) is 6.92 Å². The number of nitrogens with one attached hydrogen (secondary N) is 1. The number of carbonyl (C=O) groups is 1. The van der Waals surface area contributed by atoms with Gasteiger partial charge in [-0.3, -0.25) is 4.79 Å². The smallest absolute Gasteiger partial charge is 0.295 e. The van der Waals surface area contributed by atoms with Crippen molar-refractivity contribution in [1.82, 2.24) is 14.8 Å². The van der Waals surface area contributed by atoms with E-state index in [-0.39, 0.29) is 5.82 Å². The molecule has 0 saturated carbocycles. The highest BCUT2D eigenvalue weighted by Gasteiger charge is 2.20. The van der Waals surface area contributed by atoms with Crippen LogP contribution in [0, 0.1) is 6.92 Å². The zero-order valence-corrected chi connectivity index (χ0v) is 18.6. The molecule has 3 aromatic carbocycles. The normalized spacial score (nSPS) is 10.6. The van der Waals surface area contributed by atoms with Crippen LogP contribution in [0.1, 0.15) is 16.2 Å². The van der Waals surface area contributed by atoms with Gasteiger partial charge in [-0.15, -0.1) is 5.10 Å². The molecule has 0 aliphatic carbocycles. The summed E-state index contributed by atoms with van der Waals surface area (Å²) in [5, 5.41) is 7.90. The Labute approximate surface area is 190 Å². The second kappa shape index (κ2) is 9.11. The van der Waals surface area contributed by atoms with E-state index in [2.05, 4.69) is 15.4 Å². The number of aryl methyl sites for hydroxylation is 1. The Kier molecular flexibility index (Phi) is 6.09. The number of methoxy groups -OCH3 is 2. The number of benzene rings is 3. The number of rotatable bonds is 6. The minimum atomic E-state index is -0.474. The fourth-order valence-electron chi connectivity index (χ4n) is 3.15. The van der Waals surface area contributed by atoms with Gasteiger partial charge in [-0.05, 0) is 43.3 Å². The number of hydrogen-bond acceptors (Lipinski definition) is 5. The molecular weight excluding hydrogens is 428 g/mol. The topological polar surface area (TPSA) is 78.3 Å². The van der Waals surface area contributed by atoms with Crippen LogP contribution in [0.5, 0.6) is 11.5 Å². The molecule has 8 heteroatoms. The molecular formula is C24H21ClN4O3. The van der Waals surface area contributed by atoms with Gasteiger partial charge < -0.3 is 14.8 Å². The van der Waals surface area contributed by atoms with Gasteiger partial charge in [-0.1, -0.05) is 41.4 Å². The highest BCUT2D eigenvalue weighted by molar-refractivity contribution is 6.30. The van der Waals surface area contributed by atoms with Crippen LogP contribution in [0.2, 0.25) is 5.02 Å². The van der Waals surface area contributed by atoms with Crippen molar-refractivity contribution in [3.63, 3.8) is 0 Å². The van der Waals surface area contributed by atoms with Gasteiger partial charge >= 0.3 is 0 Å². The Morgan fingerprint density at radius 2 is 1.69 bits per heavy atom. The first kappa shape index (κ1) is 21.4. The number of aromatic nitrogens is 3. The first-order valence-corrected chi connectivity index (χ1v) is 10.2. The molecule has 0 aliphatic heterocycles. The molecule has 4 rings (SSSR count). The molecule has 1 amide bonds. The number of nitrogens with zero attached hydrogens (tertiary/aromatic N) is 3. The van der Waals surface area contributed by atoms with Gasteiger partial charge in [-0.25, -0.2) is 9.67 Å². The zero-order valence-electron chi connectivity index (χ0n) is 17.8. The second-order valence-corrected chi connectivity index (χ2v) is 7.47. The maximum atomic E-state index is 13.1. The summed E-state index contributed by atoms with van der Waals surface area (Å²) in [6.07, 6.45) is 0. The van der Waals surface area contributed by atoms with Gasteiger partial charge in [0.05, 0.1) is 25.6 Å². The van der Waals surface area contributed by atoms with Crippen LogP contribution in [0.25, 0.3) is 17.1 Å². The van der Waals surface area contributed by atoms with Crippen LogP contribution in [-0.2, 0) is 0 Å². The van der Waals surface area contributed by atoms with Gasteiger partial charge in [0.1, 0.15) is 11.5 Å². The van der Waals surface area contributed by atoms with Crippen LogP contribution in [0.4, 0.5) is 5.69 Å². The van der Waals surface area contributed by atoms with Crippen LogP contribution < -0.4 is 14.8 Å². The molecule has 0 atom stereocenters. The quantitative estimate of drug-likeness (QED) is 0.440. The Bertz CT molecular complexity index is 1190. The van der Waals surface area contributed by atoms with Crippen LogP contribution in [0.15, 0.2) is 66.7 Å². The first-order valence-electron chi connectivity index (χ1n) is 9.82. The second-order valence-electron chi connectivity index (χ2n) is 7.03. The summed E-state index contributed by atoms with van der Waals surface area (Å²) in [7, 11) is 3.08. The number of anilines is 1. The number of hydrogen-bond donors (Lipinski definition) is 1. The summed E-state index contributed by atoms with van der Waals surface area (Å²) < 4.78 is 12.2. The van der Waals surface area contributed by atoms with Gasteiger partial charge in [-0.2, -0.15) is 0 Å². The molecule has 32 heavy (non-hydrogen) atoms. The van der Waals surface area contributed by atoms with E-state index in [9.17, 15) is 4.79 Å². The van der Waals surface area contributed by atoms with E-state index in [1.165, 1.54) is 7.11 Å². The van der Waals surface area contributed by atoms with Crippen molar-refractivity contribution in [2.75, 3.05) is 19.5 Å². The van der Waals surface area contributed by atoms with Gasteiger partial charge in [0.25, 0.3) is 5.91 Å². The Balaban J connectivity index is 1.75. The predicted octanol–water partition coefficient (Wildman–Crippen LogP) is 5.17. The zero-order chi connectivity index (χ0) is 22.7. The molecule has 0 fully saturated rings. The van der Waals surface area contributed by atoms with E-state index < -0.39 is 5.91 Å². The summed E-state index contributed by atoms with van der Waals surface area (Å²) in [6.45, 7) is 2.01. The molecule has 1 aromatic heterocycles. The number of halogens is 1. The summed E-state index contributed by atoms with van der Waals surface area (Å²) in [5.74, 6) is 1.16. The van der Waals surface area contributed by atoms with E-state index in [4.69, 9.17) is 21.1 Å². The van der Waals surface area contributed by atoms with Crippen LogP contribution in [-0.4, -0.2) is 34.9 Å². The maximum Gasteiger partial charge on any atom is 0.295 e. The molecule has 0 spiro atoms. The Hall–Kier alpha value is -3.84. The largest absolute Gasteiger partial charge is 0.497 e.